The van der Waals surface area contributed by atoms with Crippen LogP contribution in [0.25, 0.3) is 22.3 Å². The molecule has 0 saturated heterocycles. The highest BCUT2D eigenvalue weighted by Gasteiger charge is 2.50. The Labute approximate surface area is 268 Å². The van der Waals surface area contributed by atoms with Gasteiger partial charge in [-0.05, 0) is 76.3 Å². The molecule has 11 nitrogen and oxygen atoms in total. The molecule has 1 atom stereocenters. The molecule has 0 unspecified atom stereocenters. The Hall–Kier alpha value is -4.25. The minimum Gasteiger partial charge on any atom is -0.457 e. The number of esters is 2. The Morgan fingerprint density at radius 2 is 1.80 bits per heavy atom. The summed E-state index contributed by atoms with van der Waals surface area (Å²) < 4.78 is 29.3. The number of hydrogen-bond acceptors (Lipinski definition) is 10. The van der Waals surface area contributed by atoms with Gasteiger partial charge in [-0.25, -0.2) is 14.6 Å². The quantitative estimate of drug-likeness (QED) is 0.0825. The fourth-order valence-electron chi connectivity index (χ4n) is 6.04. The van der Waals surface area contributed by atoms with Gasteiger partial charge in [-0.3, -0.25) is 9.59 Å². The van der Waals surface area contributed by atoms with E-state index in [1.807, 2.05) is 6.92 Å². The van der Waals surface area contributed by atoms with E-state index in [2.05, 4.69) is 6.92 Å². The minimum absolute atomic E-state index is 0.0658. The predicted molar refractivity (Wildman–Crippen MR) is 170 cm³/mol. The number of cyclic esters (lactones) is 1. The van der Waals surface area contributed by atoms with Crippen LogP contribution in [0.2, 0.25) is 0 Å². The summed E-state index contributed by atoms with van der Waals surface area (Å²) in [6.45, 7) is 12.2. The number of nitrogens with zero attached hydrogens (tertiary/aromatic N) is 2. The van der Waals surface area contributed by atoms with Gasteiger partial charge in [0.2, 0.25) is 5.60 Å². The zero-order chi connectivity index (χ0) is 33.2. The van der Waals surface area contributed by atoms with Crippen molar-refractivity contribution in [3.05, 3.63) is 56.9 Å². The van der Waals surface area contributed by atoms with E-state index >= 15 is 0 Å². The average molecular weight is 635 g/mol. The molecule has 0 bridgehead atoms. The topological polar surface area (TPSA) is 132 Å². The molecule has 2 aliphatic rings. The Morgan fingerprint density at radius 1 is 1.04 bits per heavy atom. The minimum atomic E-state index is -1.75. The standard InChI is InChI=1S/C35H42N2O9/c1-7-10-15-42-16-11-12-29(38)45-35(9-3)26-18-28-30-24(19-37(28)31(39)25(26)20-43-32(35)40)22(8-2)23-17-21(13-14-27(23)36-30)44-33(41)46-34(4,5)6/h13-14,17-18H,7-12,15-16,19-20H2,1-6H3/t35-/m0/s1. The van der Waals surface area contributed by atoms with Crippen LogP contribution in [0, 0.1) is 0 Å². The number of carbonyl (C=O) groups excluding carboxylic acids is 3. The summed E-state index contributed by atoms with van der Waals surface area (Å²) in [6, 6.07) is 6.92. The molecular formula is C35H42N2O9. The van der Waals surface area contributed by atoms with E-state index in [-0.39, 0.29) is 37.1 Å². The molecule has 0 amide bonds. The number of rotatable bonds is 11. The van der Waals surface area contributed by atoms with Crippen LogP contribution in [0.1, 0.15) is 95.9 Å². The summed E-state index contributed by atoms with van der Waals surface area (Å²) in [5, 5.41) is 0.793. The number of hydrogen-bond donors (Lipinski definition) is 0. The smallest absolute Gasteiger partial charge is 0.457 e. The van der Waals surface area contributed by atoms with Gasteiger partial charge in [0.1, 0.15) is 18.0 Å². The van der Waals surface area contributed by atoms with Crippen LogP contribution >= 0.6 is 0 Å². The lowest BCUT2D eigenvalue weighted by Gasteiger charge is -2.35. The van der Waals surface area contributed by atoms with Crippen LogP contribution in [0.3, 0.4) is 0 Å². The Bertz CT molecular complexity index is 1740. The zero-order valence-corrected chi connectivity index (χ0v) is 27.4. The number of ether oxygens (including phenoxy) is 5. The summed E-state index contributed by atoms with van der Waals surface area (Å²) in [5.41, 5.74) is 1.47. The monoisotopic (exact) mass is 634 g/mol. The summed E-state index contributed by atoms with van der Waals surface area (Å²) in [4.78, 5) is 57.5. The van der Waals surface area contributed by atoms with Crippen LogP contribution in [0.4, 0.5) is 4.79 Å². The van der Waals surface area contributed by atoms with Crippen molar-refractivity contribution in [3.63, 3.8) is 0 Å². The lowest BCUT2D eigenvalue weighted by Crippen LogP contribution is -2.47. The molecule has 246 valence electrons. The molecular weight excluding hydrogens is 592 g/mol. The second kappa shape index (κ2) is 13.2. The van der Waals surface area contributed by atoms with E-state index in [4.69, 9.17) is 28.7 Å². The summed E-state index contributed by atoms with van der Waals surface area (Å²) in [6.07, 6.45) is 2.40. The third kappa shape index (κ3) is 6.38. The molecule has 0 spiro atoms. The molecule has 11 heteroatoms. The number of unbranched alkanes of at least 4 members (excludes halogenated alkanes) is 1. The van der Waals surface area contributed by atoms with Gasteiger partial charge in [0.15, 0.2) is 0 Å². The molecule has 0 aliphatic carbocycles. The van der Waals surface area contributed by atoms with Gasteiger partial charge in [0, 0.05) is 36.1 Å². The predicted octanol–water partition coefficient (Wildman–Crippen LogP) is 6.10. The van der Waals surface area contributed by atoms with Gasteiger partial charge >= 0.3 is 18.1 Å². The molecule has 1 aromatic carbocycles. The lowest BCUT2D eigenvalue weighted by molar-refractivity contribution is -0.189. The highest BCUT2D eigenvalue weighted by molar-refractivity contribution is 5.91. The van der Waals surface area contributed by atoms with Crippen molar-refractivity contribution in [2.75, 3.05) is 13.2 Å². The zero-order valence-electron chi connectivity index (χ0n) is 27.4. The van der Waals surface area contributed by atoms with Crippen LogP contribution in [0.5, 0.6) is 5.75 Å². The maximum absolute atomic E-state index is 14.0. The van der Waals surface area contributed by atoms with Gasteiger partial charge in [-0.15, -0.1) is 0 Å². The third-order valence-electron chi connectivity index (χ3n) is 8.29. The highest BCUT2D eigenvalue weighted by atomic mass is 16.7. The fourth-order valence-corrected chi connectivity index (χ4v) is 6.04. The van der Waals surface area contributed by atoms with Crippen molar-refractivity contribution < 1.29 is 38.1 Å². The van der Waals surface area contributed by atoms with E-state index in [0.717, 1.165) is 29.4 Å². The van der Waals surface area contributed by atoms with Crippen LogP contribution in [-0.2, 0) is 53.7 Å². The van der Waals surface area contributed by atoms with Crippen molar-refractivity contribution in [2.45, 2.75) is 104 Å². The van der Waals surface area contributed by atoms with E-state index in [0.29, 0.717) is 54.3 Å². The summed E-state index contributed by atoms with van der Waals surface area (Å²) in [7, 11) is 0. The summed E-state index contributed by atoms with van der Waals surface area (Å²) in [5.74, 6) is -0.941. The van der Waals surface area contributed by atoms with Crippen molar-refractivity contribution >= 4 is 29.0 Å². The molecule has 2 aliphatic heterocycles. The molecule has 0 N–H and O–H groups in total. The van der Waals surface area contributed by atoms with Gasteiger partial charge in [-0.1, -0.05) is 27.2 Å². The first-order chi connectivity index (χ1) is 21.9. The van der Waals surface area contributed by atoms with Crippen LogP contribution in [0.15, 0.2) is 29.1 Å². The van der Waals surface area contributed by atoms with Crippen LogP contribution in [-0.4, -0.2) is 46.5 Å². The van der Waals surface area contributed by atoms with Gasteiger partial charge in [0.05, 0.1) is 29.0 Å². The van der Waals surface area contributed by atoms with Crippen molar-refractivity contribution in [1.82, 2.24) is 9.55 Å². The molecule has 4 heterocycles. The number of pyridine rings is 2. The first kappa shape index (κ1) is 33.1. The van der Waals surface area contributed by atoms with Crippen molar-refractivity contribution in [3.8, 4) is 17.1 Å². The Kier molecular flexibility index (Phi) is 9.53. The van der Waals surface area contributed by atoms with E-state index in [9.17, 15) is 19.2 Å². The molecule has 0 saturated carbocycles. The van der Waals surface area contributed by atoms with Crippen LogP contribution < -0.4 is 10.3 Å². The maximum Gasteiger partial charge on any atom is 0.514 e. The molecule has 2 aromatic heterocycles. The maximum atomic E-state index is 14.0. The largest absolute Gasteiger partial charge is 0.514 e. The van der Waals surface area contributed by atoms with Gasteiger partial charge < -0.3 is 28.3 Å². The van der Waals surface area contributed by atoms with Crippen molar-refractivity contribution in [2.24, 2.45) is 0 Å². The van der Waals surface area contributed by atoms with Gasteiger partial charge in [0.25, 0.3) is 5.56 Å². The molecule has 0 radical (unpaired) electrons. The van der Waals surface area contributed by atoms with E-state index < -0.39 is 29.3 Å². The van der Waals surface area contributed by atoms with E-state index in [1.165, 1.54) is 0 Å². The average Bonchev–Trinajstić information content (AvgIpc) is 3.36. The summed E-state index contributed by atoms with van der Waals surface area (Å²) >= 11 is 0. The lowest BCUT2D eigenvalue weighted by atomic mass is 9.85. The first-order valence-electron chi connectivity index (χ1n) is 16.0. The molecule has 3 aromatic rings. The number of benzene rings is 1. The Morgan fingerprint density at radius 3 is 2.50 bits per heavy atom. The molecule has 5 rings (SSSR count). The molecule has 46 heavy (non-hydrogen) atoms. The van der Waals surface area contributed by atoms with Crippen molar-refractivity contribution in [1.29, 1.82) is 0 Å². The number of fused-ring (bicyclic) bond motifs is 5. The van der Waals surface area contributed by atoms with Gasteiger partial charge in [-0.2, -0.15) is 0 Å². The second-order valence-electron chi connectivity index (χ2n) is 12.6. The molecule has 0 fully saturated rings. The van der Waals surface area contributed by atoms with E-state index in [1.54, 1.807) is 56.5 Å². The number of aryl methyl sites for hydroxylation is 1. The number of carbonyl (C=O) groups is 3. The second-order valence-corrected chi connectivity index (χ2v) is 12.6. The highest BCUT2D eigenvalue weighted by Crippen LogP contribution is 2.42. The third-order valence-corrected chi connectivity index (χ3v) is 8.29. The SMILES string of the molecule is CCCCOCCCC(=O)O[C@]1(CC)C(=O)OCc2c1cc1n(c2=O)Cc2c-1nc1ccc(OC(=O)OC(C)(C)C)cc1c2CC. The Balaban J connectivity index is 1.50. The first-order valence-corrected chi connectivity index (χ1v) is 16.0. The normalized spacial score (nSPS) is 16.8. The fraction of sp³-hybridized carbons (Fsp3) is 0.514. The number of aromatic nitrogens is 2.